The largest absolute Gasteiger partial charge is 0.495 e. The molecule has 8 heteroatoms. The van der Waals surface area contributed by atoms with Gasteiger partial charge in [0, 0.05) is 28.9 Å². The molecule has 0 atom stereocenters. The fraction of sp³-hybridized carbons (Fsp3) is 0.133. The summed E-state index contributed by atoms with van der Waals surface area (Å²) in [6.07, 6.45) is 0. The van der Waals surface area contributed by atoms with E-state index in [4.69, 9.17) is 16.3 Å². The van der Waals surface area contributed by atoms with Crippen LogP contribution < -0.4 is 15.4 Å². The van der Waals surface area contributed by atoms with Crippen molar-refractivity contribution in [2.45, 2.75) is 6.92 Å². The van der Waals surface area contributed by atoms with Crippen molar-refractivity contribution < 1.29 is 14.5 Å². The average Bonchev–Trinajstić information content (AvgIpc) is 2.50. The quantitative estimate of drug-likeness (QED) is 0.646. The van der Waals surface area contributed by atoms with Crippen LogP contribution in [0, 0.1) is 17.0 Å². The Labute approximate surface area is 137 Å². The van der Waals surface area contributed by atoms with E-state index in [9.17, 15) is 14.9 Å². The number of hydrogen-bond donors (Lipinski definition) is 2. The van der Waals surface area contributed by atoms with Gasteiger partial charge in [-0.05, 0) is 24.6 Å². The highest BCUT2D eigenvalue weighted by molar-refractivity contribution is 6.31. The van der Waals surface area contributed by atoms with Gasteiger partial charge in [-0.2, -0.15) is 0 Å². The van der Waals surface area contributed by atoms with Crippen molar-refractivity contribution in [3.63, 3.8) is 0 Å². The SMILES string of the molecule is COc1cc(Cl)c(C)cc1NC(=O)Nc1cccc([N+](=O)[O-])c1. The first-order chi connectivity index (χ1) is 10.9. The van der Waals surface area contributed by atoms with Crippen LogP contribution in [-0.4, -0.2) is 18.1 Å². The van der Waals surface area contributed by atoms with E-state index in [1.807, 2.05) is 0 Å². The van der Waals surface area contributed by atoms with E-state index >= 15 is 0 Å². The number of carbonyl (C=O) groups excluding carboxylic acids is 1. The Hall–Kier alpha value is -2.80. The molecule has 2 aromatic carbocycles. The molecule has 0 radical (unpaired) electrons. The Kier molecular flexibility index (Phi) is 5.02. The van der Waals surface area contributed by atoms with Crippen molar-refractivity contribution >= 4 is 34.7 Å². The normalized spacial score (nSPS) is 10.0. The number of methoxy groups -OCH3 is 1. The molecular formula is C15H14ClN3O4. The molecule has 0 unspecified atom stereocenters. The summed E-state index contributed by atoms with van der Waals surface area (Å²) in [4.78, 5) is 22.2. The van der Waals surface area contributed by atoms with Gasteiger partial charge in [-0.25, -0.2) is 4.79 Å². The first-order valence-electron chi connectivity index (χ1n) is 6.57. The Balaban J connectivity index is 2.15. The van der Waals surface area contributed by atoms with Crippen molar-refractivity contribution in [3.05, 3.63) is 57.1 Å². The highest BCUT2D eigenvalue weighted by Crippen LogP contribution is 2.31. The van der Waals surface area contributed by atoms with E-state index in [-0.39, 0.29) is 5.69 Å². The summed E-state index contributed by atoms with van der Waals surface area (Å²) in [7, 11) is 1.46. The maximum atomic E-state index is 12.0. The van der Waals surface area contributed by atoms with Gasteiger partial charge in [-0.1, -0.05) is 17.7 Å². The average molecular weight is 336 g/mol. The Morgan fingerprint density at radius 1 is 1.26 bits per heavy atom. The smallest absolute Gasteiger partial charge is 0.323 e. The summed E-state index contributed by atoms with van der Waals surface area (Å²) in [5.74, 6) is 0.412. The summed E-state index contributed by atoms with van der Waals surface area (Å²) >= 11 is 6.01. The lowest BCUT2D eigenvalue weighted by Gasteiger charge is -2.13. The lowest BCUT2D eigenvalue weighted by molar-refractivity contribution is -0.384. The number of non-ortho nitro benzene ring substituents is 1. The van der Waals surface area contributed by atoms with Gasteiger partial charge >= 0.3 is 6.03 Å². The van der Waals surface area contributed by atoms with E-state index in [0.29, 0.717) is 22.1 Å². The Morgan fingerprint density at radius 3 is 2.65 bits per heavy atom. The number of nitrogens with one attached hydrogen (secondary N) is 2. The van der Waals surface area contributed by atoms with Crippen molar-refractivity contribution in [1.82, 2.24) is 0 Å². The van der Waals surface area contributed by atoms with Crippen LogP contribution >= 0.6 is 11.6 Å². The van der Waals surface area contributed by atoms with Gasteiger partial charge in [0.25, 0.3) is 5.69 Å². The van der Waals surface area contributed by atoms with Crippen molar-refractivity contribution in [2.24, 2.45) is 0 Å². The molecule has 0 bridgehead atoms. The lowest BCUT2D eigenvalue weighted by Crippen LogP contribution is -2.20. The number of nitro benzene ring substituents is 1. The number of ether oxygens (including phenoxy) is 1. The molecule has 23 heavy (non-hydrogen) atoms. The fourth-order valence-corrected chi connectivity index (χ4v) is 2.07. The molecule has 0 spiro atoms. The molecule has 0 saturated heterocycles. The number of rotatable bonds is 4. The molecule has 2 aromatic rings. The number of benzene rings is 2. The molecule has 0 aromatic heterocycles. The summed E-state index contributed by atoms with van der Waals surface area (Å²) in [5, 5.41) is 16.4. The van der Waals surface area contributed by atoms with Gasteiger partial charge in [0.1, 0.15) is 5.75 Å². The molecule has 0 saturated carbocycles. The number of aryl methyl sites for hydroxylation is 1. The van der Waals surface area contributed by atoms with Crippen LogP contribution in [0.4, 0.5) is 21.9 Å². The second kappa shape index (κ2) is 6.97. The third-order valence-corrected chi connectivity index (χ3v) is 3.45. The van der Waals surface area contributed by atoms with Crippen LogP contribution in [0.25, 0.3) is 0 Å². The van der Waals surface area contributed by atoms with Crippen LogP contribution in [0.5, 0.6) is 5.75 Å². The zero-order valence-corrected chi connectivity index (χ0v) is 13.2. The lowest BCUT2D eigenvalue weighted by atomic mass is 10.2. The number of hydrogen-bond acceptors (Lipinski definition) is 4. The van der Waals surface area contributed by atoms with Gasteiger partial charge in [-0.3, -0.25) is 10.1 Å². The predicted molar refractivity (Wildman–Crippen MR) is 88.5 cm³/mol. The third kappa shape index (κ3) is 4.10. The first-order valence-corrected chi connectivity index (χ1v) is 6.95. The second-order valence-corrected chi connectivity index (χ2v) is 5.10. The van der Waals surface area contributed by atoms with Crippen LogP contribution in [0.2, 0.25) is 5.02 Å². The molecule has 2 N–H and O–H groups in total. The van der Waals surface area contributed by atoms with Crippen LogP contribution in [0.3, 0.4) is 0 Å². The molecule has 120 valence electrons. The van der Waals surface area contributed by atoms with Crippen LogP contribution in [0.15, 0.2) is 36.4 Å². The van der Waals surface area contributed by atoms with E-state index in [2.05, 4.69) is 10.6 Å². The monoisotopic (exact) mass is 335 g/mol. The number of anilines is 2. The number of carbonyl (C=O) groups is 1. The number of nitro groups is 1. The molecule has 0 aliphatic rings. The van der Waals surface area contributed by atoms with Crippen LogP contribution in [0.1, 0.15) is 5.56 Å². The van der Waals surface area contributed by atoms with Gasteiger partial charge in [-0.15, -0.1) is 0 Å². The number of nitrogens with zero attached hydrogens (tertiary/aromatic N) is 1. The molecule has 2 rings (SSSR count). The standard InChI is InChI=1S/C15H14ClN3O4/c1-9-6-13(14(23-2)8-12(9)16)18-15(20)17-10-4-3-5-11(7-10)19(21)22/h3-8H,1-2H3,(H2,17,18,20). The molecule has 7 nitrogen and oxygen atoms in total. The number of halogens is 1. The van der Waals surface area contributed by atoms with Gasteiger partial charge in [0.2, 0.25) is 0 Å². The van der Waals surface area contributed by atoms with Gasteiger partial charge in [0.05, 0.1) is 17.7 Å². The third-order valence-electron chi connectivity index (χ3n) is 3.04. The Bertz CT molecular complexity index is 764. The van der Waals surface area contributed by atoms with Crippen LogP contribution in [-0.2, 0) is 0 Å². The maximum Gasteiger partial charge on any atom is 0.323 e. The first kappa shape index (κ1) is 16.6. The second-order valence-electron chi connectivity index (χ2n) is 4.69. The van der Waals surface area contributed by atoms with E-state index in [1.165, 1.54) is 25.3 Å². The van der Waals surface area contributed by atoms with E-state index in [1.54, 1.807) is 25.1 Å². The van der Waals surface area contributed by atoms with Gasteiger partial charge < -0.3 is 15.4 Å². The number of urea groups is 1. The molecule has 0 aliphatic carbocycles. The van der Waals surface area contributed by atoms with Crippen molar-refractivity contribution in [1.29, 1.82) is 0 Å². The molecule has 0 heterocycles. The zero-order valence-electron chi connectivity index (χ0n) is 12.4. The minimum Gasteiger partial charge on any atom is -0.495 e. The molecule has 0 aliphatic heterocycles. The zero-order chi connectivity index (χ0) is 17.0. The predicted octanol–water partition coefficient (Wildman–Crippen LogP) is 4.21. The summed E-state index contributed by atoms with van der Waals surface area (Å²) < 4.78 is 5.17. The molecule has 2 amide bonds. The number of amides is 2. The summed E-state index contributed by atoms with van der Waals surface area (Å²) in [6.45, 7) is 1.80. The minimum atomic E-state index is -0.550. The van der Waals surface area contributed by atoms with E-state index in [0.717, 1.165) is 5.56 Å². The summed E-state index contributed by atoms with van der Waals surface area (Å²) in [5.41, 5.74) is 1.42. The molecule has 0 fully saturated rings. The highest BCUT2D eigenvalue weighted by Gasteiger charge is 2.12. The van der Waals surface area contributed by atoms with Gasteiger partial charge in [0.15, 0.2) is 0 Å². The van der Waals surface area contributed by atoms with Crippen molar-refractivity contribution in [3.8, 4) is 5.75 Å². The minimum absolute atomic E-state index is 0.109. The van der Waals surface area contributed by atoms with Crippen molar-refractivity contribution in [2.75, 3.05) is 17.7 Å². The fourth-order valence-electron chi connectivity index (χ4n) is 1.91. The maximum absolute atomic E-state index is 12.0. The topological polar surface area (TPSA) is 93.5 Å². The van der Waals surface area contributed by atoms with E-state index < -0.39 is 11.0 Å². The Morgan fingerprint density at radius 2 is 2.00 bits per heavy atom. The highest BCUT2D eigenvalue weighted by atomic mass is 35.5. The molecular weight excluding hydrogens is 322 g/mol. The summed E-state index contributed by atoms with van der Waals surface area (Å²) in [6, 6.07) is 8.37.